The van der Waals surface area contributed by atoms with Crippen LogP contribution in [-0.4, -0.2) is 22.4 Å². The molecule has 0 spiro atoms. The maximum Gasteiger partial charge on any atom is 0.483 e. The smallest absolute Gasteiger partial charge is 0.481 e. The predicted octanol–water partition coefficient (Wildman–Crippen LogP) is 5.43. The molecule has 3 rings (SSSR count). The van der Waals surface area contributed by atoms with Crippen LogP contribution < -0.4 is 5.32 Å². The van der Waals surface area contributed by atoms with Gasteiger partial charge in [0, 0.05) is 18.2 Å². The molecule has 0 unspecified atom stereocenters. The lowest BCUT2D eigenvalue weighted by atomic mass is 9.77. The van der Waals surface area contributed by atoms with Crippen molar-refractivity contribution in [2.45, 2.75) is 44.3 Å². The van der Waals surface area contributed by atoms with Crippen LogP contribution in [-0.2, 0) is 4.79 Å². The van der Waals surface area contributed by atoms with E-state index in [2.05, 4.69) is 4.98 Å². The lowest BCUT2D eigenvalue weighted by Crippen LogP contribution is -2.21. The molecule has 27 heavy (non-hydrogen) atoms. The van der Waals surface area contributed by atoms with E-state index >= 15 is 0 Å². The molecule has 0 atom stereocenters. The first kappa shape index (κ1) is 19.2. The fourth-order valence-corrected chi connectivity index (χ4v) is 3.68. The molecule has 4 nitrogen and oxygen atoms in total. The molecule has 7 heteroatoms. The molecule has 0 amide bonds. The monoisotopic (exact) mass is 378 g/mol. The number of benzene rings is 1. The van der Waals surface area contributed by atoms with Crippen molar-refractivity contribution >= 4 is 11.8 Å². The van der Waals surface area contributed by atoms with Gasteiger partial charge in [-0.3, -0.25) is 10.1 Å². The fraction of sp³-hybridized carbons (Fsp3) is 0.400. The number of hydrogen-bond acceptors (Lipinski definition) is 3. The second kappa shape index (κ2) is 7.98. The van der Waals surface area contributed by atoms with E-state index in [0.29, 0.717) is 5.92 Å². The molecular formula is C20H21F3N2O2. The number of carboxylic acid groups (broad SMARTS) is 1. The third-order valence-corrected chi connectivity index (χ3v) is 5.06. The molecule has 1 aliphatic rings. The number of nitrogens with zero attached hydrogens (tertiary/aromatic N) is 1. The first-order valence-electron chi connectivity index (χ1n) is 8.93. The van der Waals surface area contributed by atoms with Gasteiger partial charge in [0.1, 0.15) is 5.82 Å². The average molecular weight is 378 g/mol. The number of pyridine rings is 1. The van der Waals surface area contributed by atoms with Gasteiger partial charge in [0.05, 0.1) is 0 Å². The number of nitrogens with one attached hydrogen (secondary N) is 1. The zero-order chi connectivity index (χ0) is 19.4. The number of carbonyl (C=O) groups is 1. The van der Waals surface area contributed by atoms with Crippen molar-refractivity contribution in [3.05, 3.63) is 48.2 Å². The number of aliphatic carboxylic acids is 1. The van der Waals surface area contributed by atoms with Gasteiger partial charge in [-0.25, -0.2) is 4.98 Å². The Hall–Kier alpha value is -2.57. The predicted molar refractivity (Wildman–Crippen MR) is 96.3 cm³/mol. The van der Waals surface area contributed by atoms with Crippen molar-refractivity contribution in [2.75, 3.05) is 5.32 Å². The number of anilines is 1. The molecule has 1 fully saturated rings. The molecule has 144 valence electrons. The van der Waals surface area contributed by atoms with Crippen molar-refractivity contribution in [3.63, 3.8) is 0 Å². The number of rotatable bonds is 5. The first-order chi connectivity index (χ1) is 12.8. The van der Waals surface area contributed by atoms with Gasteiger partial charge < -0.3 is 5.11 Å². The largest absolute Gasteiger partial charge is 0.483 e. The topological polar surface area (TPSA) is 62.2 Å². The molecule has 1 aromatic carbocycles. The van der Waals surface area contributed by atoms with Crippen LogP contribution in [0, 0.1) is 5.92 Å². The highest BCUT2D eigenvalue weighted by molar-refractivity contribution is 5.67. The average Bonchev–Trinajstić information content (AvgIpc) is 2.61. The lowest BCUT2D eigenvalue weighted by molar-refractivity contribution is -0.138. The second-order valence-corrected chi connectivity index (χ2v) is 6.99. The summed E-state index contributed by atoms with van der Waals surface area (Å²) >= 11 is 0. The molecule has 1 saturated carbocycles. The van der Waals surface area contributed by atoms with E-state index in [1.807, 2.05) is 24.3 Å². The van der Waals surface area contributed by atoms with Gasteiger partial charge in [-0.2, -0.15) is 13.2 Å². The summed E-state index contributed by atoms with van der Waals surface area (Å²) in [5.74, 6) is -0.262. The van der Waals surface area contributed by atoms with Gasteiger partial charge in [-0.15, -0.1) is 0 Å². The van der Waals surface area contributed by atoms with Crippen molar-refractivity contribution in [1.29, 1.82) is 0 Å². The Kier molecular flexibility index (Phi) is 5.68. The molecule has 0 radical (unpaired) electrons. The number of carboxylic acids is 1. The number of halogens is 3. The molecule has 2 aromatic rings. The highest BCUT2D eigenvalue weighted by Gasteiger charge is 2.27. The summed E-state index contributed by atoms with van der Waals surface area (Å²) in [7, 11) is 0. The molecule has 1 heterocycles. The van der Waals surface area contributed by atoms with Gasteiger partial charge in [0.2, 0.25) is 0 Å². The molecule has 0 saturated heterocycles. The standard InChI is InChI=1S/C20H21F3N2O2/c21-20(22,23)25-18-10-9-17(12-24-18)16-7-5-15(6-8-16)14-3-1-13(2-4-14)11-19(26)27/h5-10,12-14H,1-4,11H2,(H,24,25)(H,26,27). The second-order valence-electron chi connectivity index (χ2n) is 6.99. The van der Waals surface area contributed by atoms with Crippen LogP contribution in [0.3, 0.4) is 0 Å². The minimum absolute atomic E-state index is 0.235. The van der Waals surface area contributed by atoms with Crippen molar-refractivity contribution in [2.24, 2.45) is 5.92 Å². The summed E-state index contributed by atoms with van der Waals surface area (Å²) in [6, 6.07) is 10.9. The molecule has 2 N–H and O–H groups in total. The van der Waals surface area contributed by atoms with E-state index in [0.717, 1.165) is 36.8 Å². The van der Waals surface area contributed by atoms with Crippen molar-refractivity contribution in [1.82, 2.24) is 4.98 Å². The molecule has 1 aliphatic carbocycles. The van der Waals surface area contributed by atoms with Gasteiger partial charge in [0.25, 0.3) is 0 Å². The van der Waals surface area contributed by atoms with Crippen LogP contribution >= 0.6 is 0 Å². The van der Waals surface area contributed by atoms with Gasteiger partial charge in [-0.1, -0.05) is 24.3 Å². The molecule has 0 aliphatic heterocycles. The Morgan fingerprint density at radius 2 is 1.67 bits per heavy atom. The summed E-state index contributed by atoms with van der Waals surface area (Å²) in [6.45, 7) is 0. The summed E-state index contributed by atoms with van der Waals surface area (Å²) in [5.41, 5.74) is 2.86. The zero-order valence-corrected chi connectivity index (χ0v) is 14.7. The molecule has 0 bridgehead atoms. The van der Waals surface area contributed by atoms with Crippen LogP contribution in [0.5, 0.6) is 0 Å². The third-order valence-electron chi connectivity index (χ3n) is 5.06. The van der Waals surface area contributed by atoms with E-state index in [4.69, 9.17) is 5.11 Å². The van der Waals surface area contributed by atoms with E-state index in [9.17, 15) is 18.0 Å². The van der Waals surface area contributed by atoms with Gasteiger partial charge >= 0.3 is 12.3 Å². The first-order valence-corrected chi connectivity index (χ1v) is 8.93. The van der Waals surface area contributed by atoms with Crippen LogP contribution in [0.15, 0.2) is 42.6 Å². The highest BCUT2D eigenvalue weighted by atomic mass is 19.4. The summed E-state index contributed by atoms with van der Waals surface area (Å²) in [5, 5.41) is 10.3. The fourth-order valence-electron chi connectivity index (χ4n) is 3.68. The maximum atomic E-state index is 12.3. The Labute approximate surface area is 155 Å². The van der Waals surface area contributed by atoms with Crippen LogP contribution in [0.1, 0.15) is 43.6 Å². The number of hydrogen-bond donors (Lipinski definition) is 2. The van der Waals surface area contributed by atoms with Crippen molar-refractivity contribution < 1.29 is 23.1 Å². The molecular weight excluding hydrogens is 357 g/mol. The summed E-state index contributed by atoms with van der Waals surface area (Å²) in [6.07, 6.45) is 0.984. The zero-order valence-electron chi connectivity index (χ0n) is 14.7. The SMILES string of the molecule is O=C(O)CC1CCC(c2ccc(-c3ccc(NC(F)(F)F)nc3)cc2)CC1. The van der Waals surface area contributed by atoms with E-state index in [-0.39, 0.29) is 18.2 Å². The number of aromatic nitrogens is 1. The Bertz CT molecular complexity index is 765. The quantitative estimate of drug-likeness (QED) is 0.681. The Morgan fingerprint density at radius 1 is 1.04 bits per heavy atom. The Balaban J connectivity index is 1.61. The van der Waals surface area contributed by atoms with Crippen LogP contribution in [0.25, 0.3) is 11.1 Å². The van der Waals surface area contributed by atoms with Crippen LogP contribution in [0.2, 0.25) is 0 Å². The van der Waals surface area contributed by atoms with E-state index in [1.54, 1.807) is 6.07 Å². The molecule has 1 aromatic heterocycles. The Morgan fingerprint density at radius 3 is 2.19 bits per heavy atom. The van der Waals surface area contributed by atoms with E-state index in [1.165, 1.54) is 23.1 Å². The number of alkyl halides is 3. The van der Waals surface area contributed by atoms with Gasteiger partial charge in [0.15, 0.2) is 0 Å². The van der Waals surface area contributed by atoms with Crippen molar-refractivity contribution in [3.8, 4) is 11.1 Å². The van der Waals surface area contributed by atoms with Crippen LogP contribution in [0.4, 0.5) is 19.0 Å². The minimum atomic E-state index is -4.50. The lowest BCUT2D eigenvalue weighted by Gasteiger charge is -2.28. The minimum Gasteiger partial charge on any atom is -0.481 e. The summed E-state index contributed by atoms with van der Waals surface area (Å²) < 4.78 is 36.9. The maximum absolute atomic E-state index is 12.3. The highest BCUT2D eigenvalue weighted by Crippen LogP contribution is 2.37. The summed E-state index contributed by atoms with van der Waals surface area (Å²) in [4.78, 5) is 14.6. The normalized spacial score (nSPS) is 20.3. The van der Waals surface area contributed by atoms with E-state index < -0.39 is 12.3 Å². The van der Waals surface area contributed by atoms with Gasteiger partial charge in [-0.05, 0) is 60.8 Å². The third kappa shape index (κ3) is 5.45.